The molecule has 2 aromatic heterocycles. The second-order valence-electron chi connectivity index (χ2n) is 5.98. The SMILES string of the molecule is Cc1ccc(-n2nnnc2N2CCCC(n3ccnc3)C2)cc1. The molecule has 0 spiro atoms. The fraction of sp³-hybridized carbons (Fsp3) is 0.375. The van der Waals surface area contributed by atoms with E-state index in [2.05, 4.69) is 49.0 Å². The second kappa shape index (κ2) is 5.83. The summed E-state index contributed by atoms with van der Waals surface area (Å²) >= 11 is 0. The van der Waals surface area contributed by atoms with Gasteiger partial charge in [0.25, 0.3) is 0 Å². The first kappa shape index (κ1) is 13.9. The molecule has 0 radical (unpaired) electrons. The highest BCUT2D eigenvalue weighted by atomic mass is 15.6. The van der Waals surface area contributed by atoms with Gasteiger partial charge in [-0.1, -0.05) is 22.8 Å². The largest absolute Gasteiger partial charge is 0.337 e. The maximum atomic E-state index is 4.26. The zero-order valence-electron chi connectivity index (χ0n) is 13.1. The Morgan fingerprint density at radius 2 is 2.04 bits per heavy atom. The summed E-state index contributed by atoms with van der Waals surface area (Å²) in [6.07, 6.45) is 8.01. The molecule has 1 atom stereocenters. The maximum Gasteiger partial charge on any atom is 0.250 e. The minimum absolute atomic E-state index is 0.411. The number of rotatable bonds is 3. The van der Waals surface area contributed by atoms with Gasteiger partial charge in [-0.3, -0.25) is 0 Å². The molecule has 0 aliphatic carbocycles. The Labute approximate surface area is 134 Å². The molecule has 1 unspecified atom stereocenters. The summed E-state index contributed by atoms with van der Waals surface area (Å²) in [6.45, 7) is 3.94. The monoisotopic (exact) mass is 309 g/mol. The molecule has 7 nitrogen and oxygen atoms in total. The van der Waals surface area contributed by atoms with Crippen LogP contribution in [-0.4, -0.2) is 42.8 Å². The van der Waals surface area contributed by atoms with Gasteiger partial charge in [-0.2, -0.15) is 4.68 Å². The number of aromatic nitrogens is 6. The smallest absolute Gasteiger partial charge is 0.250 e. The highest BCUT2D eigenvalue weighted by Gasteiger charge is 2.25. The van der Waals surface area contributed by atoms with E-state index in [0.29, 0.717) is 6.04 Å². The molecule has 1 fully saturated rings. The van der Waals surface area contributed by atoms with Gasteiger partial charge in [0.05, 0.1) is 18.1 Å². The third kappa shape index (κ3) is 2.69. The van der Waals surface area contributed by atoms with Gasteiger partial charge >= 0.3 is 0 Å². The van der Waals surface area contributed by atoms with E-state index < -0.39 is 0 Å². The van der Waals surface area contributed by atoms with Crippen molar-refractivity contribution in [3.05, 3.63) is 48.5 Å². The normalized spacial score (nSPS) is 18.3. The quantitative estimate of drug-likeness (QED) is 0.740. The Kier molecular flexibility index (Phi) is 3.53. The molecule has 1 aliphatic heterocycles. The van der Waals surface area contributed by atoms with Crippen molar-refractivity contribution >= 4 is 5.95 Å². The molecule has 3 aromatic rings. The van der Waals surface area contributed by atoms with Crippen LogP contribution in [0, 0.1) is 6.92 Å². The predicted molar refractivity (Wildman–Crippen MR) is 86.6 cm³/mol. The molecule has 4 rings (SSSR count). The van der Waals surface area contributed by atoms with E-state index >= 15 is 0 Å². The van der Waals surface area contributed by atoms with Crippen molar-refractivity contribution in [2.75, 3.05) is 18.0 Å². The molecule has 0 saturated carbocycles. The number of imidazole rings is 1. The van der Waals surface area contributed by atoms with Crippen LogP contribution in [0.1, 0.15) is 24.4 Å². The van der Waals surface area contributed by atoms with Gasteiger partial charge in [-0.25, -0.2) is 4.98 Å². The number of tetrazole rings is 1. The van der Waals surface area contributed by atoms with Crippen molar-refractivity contribution in [2.24, 2.45) is 0 Å². The molecular weight excluding hydrogens is 290 g/mol. The summed E-state index contributed by atoms with van der Waals surface area (Å²) in [7, 11) is 0. The predicted octanol–water partition coefficient (Wildman–Crippen LogP) is 2.01. The van der Waals surface area contributed by atoms with Gasteiger partial charge < -0.3 is 9.47 Å². The number of hydrogen-bond acceptors (Lipinski definition) is 5. The first-order chi connectivity index (χ1) is 11.3. The van der Waals surface area contributed by atoms with Crippen LogP contribution in [0.3, 0.4) is 0 Å². The van der Waals surface area contributed by atoms with Crippen LogP contribution < -0.4 is 4.90 Å². The summed E-state index contributed by atoms with van der Waals surface area (Å²) < 4.78 is 3.99. The Balaban J connectivity index is 1.61. The lowest BCUT2D eigenvalue weighted by Gasteiger charge is -2.33. The lowest BCUT2D eigenvalue weighted by Crippen LogP contribution is -2.38. The minimum atomic E-state index is 0.411. The average Bonchev–Trinajstić information content (AvgIpc) is 3.27. The van der Waals surface area contributed by atoms with Gasteiger partial charge in [0.15, 0.2) is 0 Å². The molecule has 0 bridgehead atoms. The van der Waals surface area contributed by atoms with Crippen molar-refractivity contribution in [1.29, 1.82) is 0 Å². The van der Waals surface area contributed by atoms with Gasteiger partial charge in [0.1, 0.15) is 0 Å². The number of hydrogen-bond donors (Lipinski definition) is 0. The van der Waals surface area contributed by atoms with Crippen LogP contribution in [0.25, 0.3) is 5.69 Å². The number of nitrogens with zero attached hydrogens (tertiary/aromatic N) is 7. The molecule has 1 aromatic carbocycles. The summed E-state index contributed by atoms with van der Waals surface area (Å²) in [5.74, 6) is 0.804. The van der Waals surface area contributed by atoms with Gasteiger partial charge in [0, 0.05) is 25.5 Å². The number of aryl methyl sites for hydroxylation is 1. The molecule has 23 heavy (non-hydrogen) atoms. The maximum absolute atomic E-state index is 4.26. The Bertz CT molecular complexity index is 760. The van der Waals surface area contributed by atoms with Crippen molar-refractivity contribution in [1.82, 2.24) is 29.8 Å². The van der Waals surface area contributed by atoms with Crippen molar-refractivity contribution in [2.45, 2.75) is 25.8 Å². The van der Waals surface area contributed by atoms with Gasteiger partial charge in [-0.15, -0.1) is 0 Å². The van der Waals surface area contributed by atoms with Crippen LogP contribution in [-0.2, 0) is 0 Å². The molecule has 1 aliphatic rings. The van der Waals surface area contributed by atoms with Crippen molar-refractivity contribution in [3.8, 4) is 5.69 Å². The third-order valence-corrected chi connectivity index (χ3v) is 4.36. The molecule has 0 N–H and O–H groups in total. The van der Waals surface area contributed by atoms with E-state index in [0.717, 1.165) is 37.6 Å². The molecule has 0 amide bonds. The zero-order valence-corrected chi connectivity index (χ0v) is 13.1. The van der Waals surface area contributed by atoms with Crippen molar-refractivity contribution < 1.29 is 0 Å². The van der Waals surface area contributed by atoms with E-state index in [1.165, 1.54) is 5.56 Å². The fourth-order valence-electron chi connectivity index (χ4n) is 3.10. The Morgan fingerprint density at radius 1 is 1.17 bits per heavy atom. The average molecular weight is 309 g/mol. The molecule has 3 heterocycles. The van der Waals surface area contributed by atoms with E-state index in [-0.39, 0.29) is 0 Å². The summed E-state index contributed by atoms with van der Waals surface area (Å²) in [5.41, 5.74) is 2.21. The van der Waals surface area contributed by atoms with Crippen LogP contribution in [0.4, 0.5) is 5.95 Å². The van der Waals surface area contributed by atoms with Gasteiger partial charge in [-0.05, 0) is 42.3 Å². The molecular formula is C16H19N7. The fourth-order valence-corrected chi connectivity index (χ4v) is 3.10. The number of anilines is 1. The summed E-state index contributed by atoms with van der Waals surface area (Å²) in [4.78, 5) is 6.42. The minimum Gasteiger partial charge on any atom is -0.337 e. The van der Waals surface area contributed by atoms with Crippen molar-refractivity contribution in [3.63, 3.8) is 0 Å². The lowest BCUT2D eigenvalue weighted by atomic mass is 10.1. The highest BCUT2D eigenvalue weighted by molar-refractivity contribution is 5.42. The topological polar surface area (TPSA) is 64.7 Å². The second-order valence-corrected chi connectivity index (χ2v) is 5.98. The van der Waals surface area contributed by atoms with E-state index in [1.807, 2.05) is 35.5 Å². The molecule has 1 saturated heterocycles. The Morgan fingerprint density at radius 3 is 2.83 bits per heavy atom. The first-order valence-corrected chi connectivity index (χ1v) is 7.89. The number of benzene rings is 1. The van der Waals surface area contributed by atoms with E-state index in [4.69, 9.17) is 0 Å². The zero-order chi connectivity index (χ0) is 15.6. The van der Waals surface area contributed by atoms with Crippen LogP contribution >= 0.6 is 0 Å². The summed E-state index contributed by atoms with van der Waals surface area (Å²) in [5, 5.41) is 12.3. The molecule has 7 heteroatoms. The first-order valence-electron chi connectivity index (χ1n) is 7.89. The number of piperidine rings is 1. The lowest BCUT2D eigenvalue weighted by molar-refractivity contribution is 0.400. The van der Waals surface area contributed by atoms with Crippen LogP contribution in [0.15, 0.2) is 43.0 Å². The molecule has 118 valence electrons. The standard InChI is InChI=1S/C16H19N7/c1-13-4-6-14(7-5-13)23-16(18-19-20-23)21-9-2-3-15(11-21)22-10-8-17-12-22/h4-8,10,12,15H,2-3,9,11H2,1H3. The third-order valence-electron chi connectivity index (χ3n) is 4.36. The summed E-state index contributed by atoms with van der Waals surface area (Å²) in [6, 6.07) is 8.66. The highest BCUT2D eigenvalue weighted by Crippen LogP contribution is 2.25. The van der Waals surface area contributed by atoms with Gasteiger partial charge in [0.2, 0.25) is 5.95 Å². The van der Waals surface area contributed by atoms with Crippen LogP contribution in [0.2, 0.25) is 0 Å². The van der Waals surface area contributed by atoms with Crippen LogP contribution in [0.5, 0.6) is 0 Å². The van der Waals surface area contributed by atoms with E-state index in [1.54, 1.807) is 0 Å². The Hall–Kier alpha value is -2.70. The van der Waals surface area contributed by atoms with E-state index in [9.17, 15) is 0 Å².